The smallest absolute Gasteiger partial charge is 0.0791 e. The van der Waals surface area contributed by atoms with Gasteiger partial charge in [-0.25, -0.2) is 0 Å². The van der Waals surface area contributed by atoms with Crippen LogP contribution in [0.3, 0.4) is 0 Å². The number of rotatable bonds is 10. The van der Waals surface area contributed by atoms with Gasteiger partial charge in [-0.05, 0) is 31.8 Å². The van der Waals surface area contributed by atoms with Crippen molar-refractivity contribution < 1.29 is 5.11 Å². The molecule has 2 atom stereocenters. The van der Waals surface area contributed by atoms with Crippen molar-refractivity contribution in [1.82, 2.24) is 10.2 Å². The molecule has 0 radical (unpaired) electrons. The van der Waals surface area contributed by atoms with E-state index in [1.165, 1.54) is 25.7 Å². The zero-order valence-electron chi connectivity index (χ0n) is 11.8. The largest absolute Gasteiger partial charge is 0.390 e. The summed E-state index contributed by atoms with van der Waals surface area (Å²) in [6.45, 7) is 10.1. The summed E-state index contributed by atoms with van der Waals surface area (Å²) in [5.74, 6) is 0.965. The Morgan fingerprint density at radius 1 is 1.24 bits per heavy atom. The quantitative estimate of drug-likeness (QED) is 0.614. The normalized spacial score (nSPS) is 19.6. The molecule has 17 heavy (non-hydrogen) atoms. The monoisotopic (exact) mass is 242 g/mol. The lowest BCUT2D eigenvalue weighted by Gasteiger charge is -2.24. The molecular formula is C14H30N2O. The molecular weight excluding hydrogens is 212 g/mol. The van der Waals surface area contributed by atoms with Crippen molar-refractivity contribution in [2.45, 2.75) is 58.6 Å². The minimum absolute atomic E-state index is 0.233. The Kier molecular flexibility index (Phi) is 7.09. The third-order valence-corrected chi connectivity index (χ3v) is 3.81. The van der Waals surface area contributed by atoms with Crippen LogP contribution in [0.4, 0.5) is 0 Å². The van der Waals surface area contributed by atoms with E-state index < -0.39 is 0 Å². The van der Waals surface area contributed by atoms with Crippen molar-refractivity contribution in [2.75, 3.05) is 26.2 Å². The zero-order chi connectivity index (χ0) is 12.7. The molecule has 2 unspecified atom stereocenters. The molecule has 1 saturated carbocycles. The summed E-state index contributed by atoms with van der Waals surface area (Å²) in [5, 5.41) is 13.5. The Balaban J connectivity index is 2.13. The van der Waals surface area contributed by atoms with Crippen LogP contribution in [0.15, 0.2) is 0 Å². The lowest BCUT2D eigenvalue weighted by Crippen LogP contribution is -2.41. The lowest BCUT2D eigenvalue weighted by molar-refractivity contribution is 0.113. The van der Waals surface area contributed by atoms with Gasteiger partial charge in [-0.15, -0.1) is 0 Å². The number of aliphatic hydroxyl groups is 1. The van der Waals surface area contributed by atoms with Crippen LogP contribution in [-0.2, 0) is 0 Å². The zero-order valence-corrected chi connectivity index (χ0v) is 11.8. The minimum Gasteiger partial charge on any atom is -0.390 e. The highest BCUT2D eigenvalue weighted by molar-refractivity contribution is 4.80. The highest BCUT2D eigenvalue weighted by Crippen LogP contribution is 2.33. The molecule has 3 nitrogen and oxygen atoms in total. The molecule has 1 aliphatic rings. The topological polar surface area (TPSA) is 35.5 Å². The fraction of sp³-hybridized carbons (Fsp3) is 1.00. The molecule has 0 amide bonds. The predicted molar refractivity (Wildman–Crippen MR) is 73.2 cm³/mol. The summed E-state index contributed by atoms with van der Waals surface area (Å²) in [6.07, 6.45) is 5.08. The highest BCUT2D eigenvalue weighted by Gasteiger charge is 2.24. The van der Waals surface area contributed by atoms with Crippen molar-refractivity contribution in [2.24, 2.45) is 5.92 Å². The van der Waals surface area contributed by atoms with Crippen LogP contribution >= 0.6 is 0 Å². The molecule has 0 bridgehead atoms. The van der Waals surface area contributed by atoms with Gasteiger partial charge in [-0.1, -0.05) is 33.6 Å². The van der Waals surface area contributed by atoms with E-state index in [0.717, 1.165) is 32.1 Å². The Labute approximate surface area is 107 Å². The van der Waals surface area contributed by atoms with E-state index in [1.807, 2.05) is 0 Å². The number of nitrogens with one attached hydrogen (secondary N) is 1. The second kappa shape index (κ2) is 8.06. The molecule has 102 valence electrons. The van der Waals surface area contributed by atoms with E-state index in [4.69, 9.17) is 0 Å². The molecule has 0 aliphatic heterocycles. The van der Waals surface area contributed by atoms with Crippen molar-refractivity contribution >= 4 is 0 Å². The van der Waals surface area contributed by atoms with Gasteiger partial charge < -0.3 is 15.3 Å². The SMILES string of the molecule is CCC(CC1CC1)NCC(O)CN(CC)CC. The van der Waals surface area contributed by atoms with Crippen LogP contribution < -0.4 is 5.32 Å². The van der Waals surface area contributed by atoms with E-state index in [2.05, 4.69) is 31.0 Å². The molecule has 1 fully saturated rings. The third kappa shape index (κ3) is 6.39. The first-order chi connectivity index (χ1) is 8.19. The van der Waals surface area contributed by atoms with Gasteiger partial charge in [0.15, 0.2) is 0 Å². The van der Waals surface area contributed by atoms with Gasteiger partial charge in [0.05, 0.1) is 6.10 Å². The van der Waals surface area contributed by atoms with Gasteiger partial charge >= 0.3 is 0 Å². The molecule has 0 saturated heterocycles. The van der Waals surface area contributed by atoms with Crippen molar-refractivity contribution in [1.29, 1.82) is 0 Å². The molecule has 0 aromatic heterocycles. The van der Waals surface area contributed by atoms with Crippen molar-refractivity contribution in [3.63, 3.8) is 0 Å². The summed E-state index contributed by atoms with van der Waals surface area (Å²) in [7, 11) is 0. The first-order valence-electron chi connectivity index (χ1n) is 7.33. The van der Waals surface area contributed by atoms with E-state index in [9.17, 15) is 5.11 Å². The number of likely N-dealkylation sites (N-methyl/N-ethyl adjacent to an activating group) is 1. The fourth-order valence-electron chi connectivity index (χ4n) is 2.30. The van der Waals surface area contributed by atoms with Crippen LogP contribution in [0.5, 0.6) is 0 Å². The number of aliphatic hydroxyl groups excluding tert-OH is 1. The molecule has 2 N–H and O–H groups in total. The number of hydrogen-bond acceptors (Lipinski definition) is 3. The molecule has 1 aliphatic carbocycles. The van der Waals surface area contributed by atoms with E-state index >= 15 is 0 Å². The third-order valence-electron chi connectivity index (χ3n) is 3.81. The van der Waals surface area contributed by atoms with Crippen LogP contribution in [-0.4, -0.2) is 48.3 Å². The fourth-order valence-corrected chi connectivity index (χ4v) is 2.30. The second-order valence-corrected chi connectivity index (χ2v) is 5.33. The van der Waals surface area contributed by atoms with Gasteiger partial charge in [0, 0.05) is 19.1 Å². The summed E-state index contributed by atoms with van der Waals surface area (Å²) in [5.41, 5.74) is 0. The first-order valence-corrected chi connectivity index (χ1v) is 7.33. The molecule has 3 heteroatoms. The highest BCUT2D eigenvalue weighted by atomic mass is 16.3. The average molecular weight is 242 g/mol. The Hall–Kier alpha value is -0.120. The van der Waals surface area contributed by atoms with E-state index in [-0.39, 0.29) is 6.10 Å². The Morgan fingerprint density at radius 3 is 2.35 bits per heavy atom. The number of nitrogens with zero attached hydrogens (tertiary/aromatic N) is 1. The summed E-state index contributed by atoms with van der Waals surface area (Å²) >= 11 is 0. The molecule has 0 heterocycles. The Morgan fingerprint density at radius 2 is 1.88 bits per heavy atom. The lowest BCUT2D eigenvalue weighted by atomic mass is 10.1. The maximum absolute atomic E-state index is 9.97. The maximum Gasteiger partial charge on any atom is 0.0791 e. The Bertz CT molecular complexity index is 191. The van der Waals surface area contributed by atoms with Gasteiger partial charge in [0.25, 0.3) is 0 Å². The second-order valence-electron chi connectivity index (χ2n) is 5.33. The van der Waals surface area contributed by atoms with Crippen LogP contribution in [0.1, 0.15) is 46.5 Å². The van der Waals surface area contributed by atoms with Crippen LogP contribution in [0.2, 0.25) is 0 Å². The van der Waals surface area contributed by atoms with Crippen LogP contribution in [0, 0.1) is 5.92 Å². The molecule has 1 rings (SSSR count). The van der Waals surface area contributed by atoms with E-state index in [0.29, 0.717) is 6.04 Å². The minimum atomic E-state index is -0.233. The molecule has 0 spiro atoms. The van der Waals surface area contributed by atoms with Gasteiger partial charge in [-0.2, -0.15) is 0 Å². The molecule has 0 aromatic carbocycles. The summed E-state index contributed by atoms with van der Waals surface area (Å²) in [4.78, 5) is 2.27. The van der Waals surface area contributed by atoms with Gasteiger partial charge in [-0.3, -0.25) is 0 Å². The summed E-state index contributed by atoms with van der Waals surface area (Å²) < 4.78 is 0. The van der Waals surface area contributed by atoms with E-state index in [1.54, 1.807) is 0 Å². The van der Waals surface area contributed by atoms with Crippen molar-refractivity contribution in [3.8, 4) is 0 Å². The molecule has 0 aromatic rings. The van der Waals surface area contributed by atoms with Gasteiger partial charge in [0.2, 0.25) is 0 Å². The average Bonchev–Trinajstić information content (AvgIpc) is 3.15. The van der Waals surface area contributed by atoms with Gasteiger partial charge in [0.1, 0.15) is 0 Å². The standard InChI is InChI=1S/C14H30N2O/c1-4-13(9-12-7-8-12)15-10-14(17)11-16(5-2)6-3/h12-15,17H,4-11H2,1-3H3. The maximum atomic E-state index is 9.97. The van der Waals surface area contributed by atoms with Crippen molar-refractivity contribution in [3.05, 3.63) is 0 Å². The predicted octanol–water partition coefficient (Wildman–Crippen LogP) is 1.86. The summed E-state index contributed by atoms with van der Waals surface area (Å²) in [6, 6.07) is 0.605. The number of hydrogen-bond donors (Lipinski definition) is 2. The van der Waals surface area contributed by atoms with Crippen LogP contribution in [0.25, 0.3) is 0 Å². The first kappa shape index (κ1) is 14.9.